The Morgan fingerprint density at radius 2 is 1.59 bits per heavy atom. The van der Waals surface area contributed by atoms with Gasteiger partial charge < -0.3 is 5.32 Å². The maximum absolute atomic E-state index is 6.22. The van der Waals surface area contributed by atoms with Crippen molar-refractivity contribution < 1.29 is 0 Å². The molecule has 22 heavy (non-hydrogen) atoms. The Morgan fingerprint density at radius 1 is 1.00 bits per heavy atom. The molecule has 0 saturated carbocycles. The summed E-state index contributed by atoms with van der Waals surface area (Å²) in [7, 11) is 1.62. The first-order valence-corrected chi connectivity index (χ1v) is 11.1. The number of hydrogen-bond donors (Lipinski definition) is 1. The molecule has 2 aromatic rings. The average molecular weight is 448 g/mol. The van der Waals surface area contributed by atoms with E-state index in [1.807, 2.05) is 32.0 Å². The molecule has 2 aromatic carbocycles. The summed E-state index contributed by atoms with van der Waals surface area (Å²) in [5.41, 5.74) is 3.63. The summed E-state index contributed by atoms with van der Waals surface area (Å²) in [6, 6.07) is 14.5. The van der Waals surface area contributed by atoms with Gasteiger partial charge in [0.1, 0.15) is 0 Å². The van der Waals surface area contributed by atoms with Crippen molar-refractivity contribution in [2.24, 2.45) is 0 Å². The van der Waals surface area contributed by atoms with Crippen molar-refractivity contribution in [3.05, 3.63) is 53.1 Å². The van der Waals surface area contributed by atoms with Gasteiger partial charge in [0.05, 0.1) is 15.6 Å². The number of halogens is 2. The fourth-order valence-electron chi connectivity index (χ4n) is 1.89. The van der Waals surface area contributed by atoms with E-state index in [-0.39, 0.29) is 5.41 Å². The van der Waals surface area contributed by atoms with Gasteiger partial charge in [-0.1, -0.05) is 64.4 Å². The van der Waals surface area contributed by atoms with Crippen LogP contribution in [0.4, 0.5) is 11.4 Å². The zero-order chi connectivity index (χ0) is 16.8. The zero-order valence-electron chi connectivity index (χ0n) is 13.7. The fourth-order valence-corrected chi connectivity index (χ4v) is 4.34. The molecular formula is C18H23ClINS. The molecule has 1 N–H and O–H groups in total. The second-order valence-electron chi connectivity index (χ2n) is 5.65. The Balaban J connectivity index is 0.00000116. The van der Waals surface area contributed by atoms with Crippen LogP contribution in [0.1, 0.15) is 40.2 Å². The van der Waals surface area contributed by atoms with E-state index < -0.39 is 0 Å². The van der Waals surface area contributed by atoms with Crippen molar-refractivity contribution >= 4 is 53.1 Å². The number of nitrogens with one attached hydrogen (secondary N) is 1. The van der Waals surface area contributed by atoms with Crippen molar-refractivity contribution in [1.29, 1.82) is 0 Å². The highest BCUT2D eigenvalue weighted by Gasteiger charge is 2.13. The van der Waals surface area contributed by atoms with Crippen molar-refractivity contribution in [1.82, 2.24) is 0 Å². The third-order valence-corrected chi connectivity index (χ3v) is 5.42. The Kier molecular flexibility index (Phi) is 8.08. The van der Waals surface area contributed by atoms with Crippen molar-refractivity contribution in [2.75, 3.05) is 5.32 Å². The van der Waals surface area contributed by atoms with Crippen LogP contribution in [0.15, 0.2) is 47.4 Å². The van der Waals surface area contributed by atoms with Gasteiger partial charge in [0.15, 0.2) is 0 Å². The summed E-state index contributed by atoms with van der Waals surface area (Å²) >= 11 is 8.47. The lowest BCUT2D eigenvalue weighted by molar-refractivity contribution is 0.590. The van der Waals surface area contributed by atoms with E-state index in [2.05, 4.69) is 71.6 Å². The highest BCUT2D eigenvalue weighted by atomic mass is 127. The van der Waals surface area contributed by atoms with Gasteiger partial charge in [0.2, 0.25) is 0 Å². The molecule has 0 unspecified atom stereocenters. The molecule has 0 fully saturated rings. The summed E-state index contributed by atoms with van der Waals surface area (Å²) < 4.78 is 0. The van der Waals surface area contributed by atoms with Crippen molar-refractivity contribution in [2.45, 2.75) is 44.9 Å². The standard InChI is InChI=1S/C16H17ClINS.C2H6/c1-16(2,3)11-7-9-12(10-8-11)19-14-6-4-5-13(17)15(14)20-18;1-2/h4-10,19H,1-3H3;1-2H3. The maximum Gasteiger partial charge on any atom is 0.0600 e. The molecular weight excluding hydrogens is 425 g/mol. The van der Waals surface area contributed by atoms with Crippen LogP contribution in [0.25, 0.3) is 0 Å². The van der Waals surface area contributed by atoms with E-state index in [1.54, 1.807) is 8.93 Å². The van der Waals surface area contributed by atoms with E-state index in [9.17, 15) is 0 Å². The summed E-state index contributed by atoms with van der Waals surface area (Å²) in [5.74, 6) is 0. The Hall–Kier alpha value is -0.390. The first-order chi connectivity index (χ1) is 10.4. The Bertz CT molecular complexity index is 591. The van der Waals surface area contributed by atoms with Crippen LogP contribution in [-0.2, 0) is 5.41 Å². The molecule has 120 valence electrons. The maximum atomic E-state index is 6.22. The van der Waals surface area contributed by atoms with Crippen LogP contribution < -0.4 is 5.32 Å². The Labute approximate surface area is 155 Å². The molecule has 0 aromatic heterocycles. The highest BCUT2D eigenvalue weighted by Crippen LogP contribution is 2.39. The van der Waals surface area contributed by atoms with Crippen LogP contribution in [0.5, 0.6) is 0 Å². The number of anilines is 2. The molecule has 0 radical (unpaired) electrons. The first-order valence-electron chi connectivity index (χ1n) is 7.36. The molecule has 2 rings (SSSR count). The van der Waals surface area contributed by atoms with Gasteiger partial charge in [0, 0.05) is 26.9 Å². The summed E-state index contributed by atoms with van der Waals surface area (Å²) in [5, 5.41) is 4.21. The third kappa shape index (κ3) is 5.36. The monoisotopic (exact) mass is 447 g/mol. The molecule has 0 bridgehead atoms. The SMILES string of the molecule is CC.CC(C)(C)c1ccc(Nc2cccc(Cl)c2SI)cc1. The van der Waals surface area contributed by atoms with E-state index in [0.29, 0.717) is 0 Å². The van der Waals surface area contributed by atoms with Gasteiger partial charge in [-0.2, -0.15) is 0 Å². The molecule has 0 aliphatic carbocycles. The van der Waals surface area contributed by atoms with Crippen LogP contribution in [0.3, 0.4) is 0 Å². The highest BCUT2D eigenvalue weighted by molar-refractivity contribution is 14.2. The lowest BCUT2D eigenvalue weighted by Gasteiger charge is -2.19. The molecule has 0 heterocycles. The van der Waals surface area contributed by atoms with Crippen molar-refractivity contribution in [3.8, 4) is 0 Å². The Morgan fingerprint density at radius 3 is 2.09 bits per heavy atom. The summed E-state index contributed by atoms with van der Waals surface area (Å²) in [4.78, 5) is 1.06. The van der Waals surface area contributed by atoms with Gasteiger partial charge in [0.25, 0.3) is 0 Å². The van der Waals surface area contributed by atoms with Gasteiger partial charge in [-0.15, -0.1) is 0 Å². The zero-order valence-corrected chi connectivity index (χ0v) is 17.4. The van der Waals surface area contributed by atoms with Gasteiger partial charge in [-0.25, -0.2) is 0 Å². The summed E-state index contributed by atoms with van der Waals surface area (Å²) in [6.45, 7) is 10.7. The lowest BCUT2D eigenvalue weighted by atomic mass is 9.87. The van der Waals surface area contributed by atoms with Gasteiger partial charge in [-0.3, -0.25) is 0 Å². The number of benzene rings is 2. The second-order valence-corrected chi connectivity index (χ2v) is 7.94. The fraction of sp³-hybridized carbons (Fsp3) is 0.333. The number of hydrogen-bond acceptors (Lipinski definition) is 2. The minimum absolute atomic E-state index is 0.178. The third-order valence-electron chi connectivity index (χ3n) is 3.07. The molecule has 0 spiro atoms. The van der Waals surface area contributed by atoms with E-state index in [0.717, 1.165) is 21.3 Å². The quantitative estimate of drug-likeness (QED) is 0.481. The van der Waals surface area contributed by atoms with Gasteiger partial charge >= 0.3 is 0 Å². The minimum atomic E-state index is 0.178. The molecule has 0 atom stereocenters. The van der Waals surface area contributed by atoms with E-state index in [4.69, 9.17) is 11.6 Å². The molecule has 0 amide bonds. The largest absolute Gasteiger partial charge is 0.355 e. The smallest absolute Gasteiger partial charge is 0.0600 e. The molecule has 0 aliphatic heterocycles. The van der Waals surface area contributed by atoms with E-state index >= 15 is 0 Å². The molecule has 0 saturated heterocycles. The van der Waals surface area contributed by atoms with Crippen LogP contribution >= 0.6 is 41.7 Å². The molecule has 4 heteroatoms. The van der Waals surface area contributed by atoms with Gasteiger partial charge in [-0.05, 0) is 44.2 Å². The van der Waals surface area contributed by atoms with Crippen LogP contribution in [-0.4, -0.2) is 0 Å². The normalized spacial score (nSPS) is 10.7. The first kappa shape index (κ1) is 19.7. The average Bonchev–Trinajstić information content (AvgIpc) is 2.49. The summed E-state index contributed by atoms with van der Waals surface area (Å²) in [6.07, 6.45) is 0. The van der Waals surface area contributed by atoms with Crippen LogP contribution in [0, 0.1) is 0 Å². The molecule has 0 aliphatic rings. The predicted octanol–water partition coefficient (Wildman–Crippen LogP) is 7.85. The lowest BCUT2D eigenvalue weighted by Crippen LogP contribution is -2.10. The topological polar surface area (TPSA) is 12.0 Å². The second kappa shape index (κ2) is 9.04. The molecule has 1 nitrogen and oxygen atoms in total. The van der Waals surface area contributed by atoms with Crippen LogP contribution in [0.2, 0.25) is 5.02 Å². The van der Waals surface area contributed by atoms with Crippen molar-refractivity contribution in [3.63, 3.8) is 0 Å². The minimum Gasteiger partial charge on any atom is -0.355 e. The van der Waals surface area contributed by atoms with E-state index in [1.165, 1.54) is 5.56 Å². The predicted molar refractivity (Wildman–Crippen MR) is 111 cm³/mol. The number of rotatable bonds is 3.